The second-order valence-corrected chi connectivity index (χ2v) is 4.94. The van der Waals surface area contributed by atoms with Gasteiger partial charge in [0.2, 0.25) is 5.91 Å². The molecule has 1 aliphatic rings. The molecule has 1 rings (SSSR count). The van der Waals surface area contributed by atoms with E-state index < -0.39 is 6.04 Å². The number of hydrogen-bond acceptors (Lipinski definition) is 4. The Hall–Kier alpha value is -0.650. The third-order valence-corrected chi connectivity index (χ3v) is 3.40. The van der Waals surface area contributed by atoms with Crippen LogP contribution in [0.5, 0.6) is 0 Å². The largest absolute Gasteiger partial charge is 0.385 e. The lowest BCUT2D eigenvalue weighted by Crippen LogP contribution is -2.55. The van der Waals surface area contributed by atoms with Crippen LogP contribution in [-0.4, -0.2) is 55.9 Å². The predicted octanol–water partition coefficient (Wildman–Crippen LogP) is 0.766. The summed E-state index contributed by atoms with van der Waals surface area (Å²) >= 11 is 0. The monoisotopic (exact) mass is 258 g/mol. The van der Waals surface area contributed by atoms with Gasteiger partial charge >= 0.3 is 0 Å². The van der Waals surface area contributed by atoms with E-state index in [2.05, 4.69) is 6.92 Å². The second kappa shape index (κ2) is 7.71. The Morgan fingerprint density at radius 2 is 2.33 bits per heavy atom. The number of rotatable bonds is 6. The highest BCUT2D eigenvalue weighted by Crippen LogP contribution is 2.16. The fourth-order valence-electron chi connectivity index (χ4n) is 2.24. The Labute approximate surface area is 110 Å². The normalized spacial score (nSPS) is 26.1. The fraction of sp³-hybridized carbons (Fsp3) is 0.923. The highest BCUT2D eigenvalue weighted by Gasteiger charge is 2.31. The van der Waals surface area contributed by atoms with Crippen molar-refractivity contribution in [1.29, 1.82) is 0 Å². The molecule has 3 unspecified atom stereocenters. The first-order valence-electron chi connectivity index (χ1n) is 6.76. The van der Waals surface area contributed by atoms with E-state index in [1.807, 2.05) is 11.8 Å². The minimum Gasteiger partial charge on any atom is -0.385 e. The minimum atomic E-state index is -0.417. The van der Waals surface area contributed by atoms with Crippen LogP contribution in [0.15, 0.2) is 0 Å². The summed E-state index contributed by atoms with van der Waals surface area (Å²) in [6.07, 6.45) is 2.50. The number of hydrogen-bond donors (Lipinski definition) is 1. The molecule has 0 saturated carbocycles. The van der Waals surface area contributed by atoms with E-state index in [0.717, 1.165) is 12.8 Å². The van der Waals surface area contributed by atoms with Crippen LogP contribution < -0.4 is 5.73 Å². The second-order valence-electron chi connectivity index (χ2n) is 4.94. The van der Waals surface area contributed by atoms with Crippen LogP contribution in [0.1, 0.15) is 33.1 Å². The molecule has 1 aliphatic heterocycles. The zero-order valence-electron chi connectivity index (χ0n) is 11.7. The summed E-state index contributed by atoms with van der Waals surface area (Å²) in [4.78, 5) is 14.2. The highest BCUT2D eigenvalue weighted by molar-refractivity contribution is 5.82. The number of morpholine rings is 1. The number of methoxy groups -OCH3 is 1. The van der Waals surface area contributed by atoms with Gasteiger partial charge in [0.25, 0.3) is 0 Å². The van der Waals surface area contributed by atoms with Crippen molar-refractivity contribution in [3.8, 4) is 0 Å². The molecule has 0 aromatic carbocycles. The van der Waals surface area contributed by atoms with Gasteiger partial charge in [-0.25, -0.2) is 0 Å². The van der Waals surface area contributed by atoms with Crippen LogP contribution in [0.2, 0.25) is 0 Å². The first-order valence-corrected chi connectivity index (χ1v) is 6.76. The Bertz CT molecular complexity index is 261. The lowest BCUT2D eigenvalue weighted by atomic mass is 10.1. The number of nitrogens with two attached hydrogens (primary N) is 1. The quantitative estimate of drug-likeness (QED) is 0.715. The summed E-state index contributed by atoms with van der Waals surface area (Å²) < 4.78 is 10.6. The fourth-order valence-corrected chi connectivity index (χ4v) is 2.24. The first kappa shape index (κ1) is 15.4. The molecule has 1 saturated heterocycles. The summed E-state index contributed by atoms with van der Waals surface area (Å²) in [6, 6.07) is -0.248. The van der Waals surface area contributed by atoms with Crippen molar-refractivity contribution in [2.75, 3.05) is 26.9 Å². The van der Waals surface area contributed by atoms with Crippen LogP contribution >= 0.6 is 0 Å². The van der Waals surface area contributed by atoms with E-state index in [0.29, 0.717) is 26.2 Å². The molecule has 0 radical (unpaired) electrons. The maximum atomic E-state index is 12.3. The van der Waals surface area contributed by atoms with E-state index >= 15 is 0 Å². The van der Waals surface area contributed by atoms with Gasteiger partial charge in [-0.2, -0.15) is 0 Å². The molecule has 1 fully saturated rings. The molecule has 106 valence electrons. The molecule has 5 nitrogen and oxygen atoms in total. The molecule has 0 aromatic rings. The number of carbonyl (C=O) groups excluding carboxylic acids is 1. The standard InChI is InChI=1S/C13H26N2O3/c1-4-11-9-18-10(2)8-15(11)13(16)12(14)6-5-7-17-3/h10-12H,4-9,14H2,1-3H3. The molecule has 1 heterocycles. The molecule has 1 amide bonds. The third kappa shape index (κ3) is 4.23. The van der Waals surface area contributed by atoms with E-state index in [1.54, 1.807) is 7.11 Å². The van der Waals surface area contributed by atoms with Gasteiger partial charge in [0.1, 0.15) is 0 Å². The van der Waals surface area contributed by atoms with Gasteiger partial charge in [-0.05, 0) is 26.2 Å². The molecule has 0 aromatic heterocycles. The van der Waals surface area contributed by atoms with Crippen LogP contribution in [-0.2, 0) is 14.3 Å². The van der Waals surface area contributed by atoms with Gasteiger partial charge in [-0.3, -0.25) is 4.79 Å². The molecular weight excluding hydrogens is 232 g/mol. The van der Waals surface area contributed by atoms with Gasteiger partial charge in [-0.1, -0.05) is 6.92 Å². The van der Waals surface area contributed by atoms with Crippen LogP contribution in [0.25, 0.3) is 0 Å². The topological polar surface area (TPSA) is 64.8 Å². The van der Waals surface area contributed by atoms with Crippen molar-refractivity contribution in [3.05, 3.63) is 0 Å². The Kier molecular flexibility index (Phi) is 6.60. The van der Waals surface area contributed by atoms with Crippen molar-refractivity contribution in [2.24, 2.45) is 5.73 Å². The number of ether oxygens (including phenoxy) is 2. The van der Waals surface area contributed by atoms with Gasteiger partial charge in [0.05, 0.1) is 24.8 Å². The Morgan fingerprint density at radius 1 is 1.61 bits per heavy atom. The summed E-state index contributed by atoms with van der Waals surface area (Å²) in [5.41, 5.74) is 5.96. The molecule has 3 atom stereocenters. The Balaban J connectivity index is 2.50. The number of carbonyl (C=O) groups is 1. The average molecular weight is 258 g/mol. The molecule has 2 N–H and O–H groups in total. The first-order chi connectivity index (χ1) is 8.60. The van der Waals surface area contributed by atoms with Crippen LogP contribution in [0.3, 0.4) is 0 Å². The van der Waals surface area contributed by atoms with Crippen LogP contribution in [0.4, 0.5) is 0 Å². The van der Waals surface area contributed by atoms with Crippen LogP contribution in [0, 0.1) is 0 Å². The van der Waals surface area contributed by atoms with Gasteiger partial charge in [0.15, 0.2) is 0 Å². The minimum absolute atomic E-state index is 0.0492. The summed E-state index contributed by atoms with van der Waals surface area (Å²) in [5.74, 6) is 0.0492. The Morgan fingerprint density at radius 3 is 2.94 bits per heavy atom. The lowest BCUT2D eigenvalue weighted by molar-refractivity contribution is -0.146. The zero-order chi connectivity index (χ0) is 13.5. The molecule has 18 heavy (non-hydrogen) atoms. The molecule has 5 heteroatoms. The molecule has 0 aliphatic carbocycles. The maximum Gasteiger partial charge on any atom is 0.239 e. The maximum absolute atomic E-state index is 12.3. The third-order valence-electron chi connectivity index (χ3n) is 3.40. The lowest BCUT2D eigenvalue weighted by Gasteiger charge is -2.39. The van der Waals surface area contributed by atoms with Crippen molar-refractivity contribution >= 4 is 5.91 Å². The summed E-state index contributed by atoms with van der Waals surface area (Å²) in [6.45, 7) is 5.98. The van der Waals surface area contributed by atoms with Crippen molar-refractivity contribution in [1.82, 2.24) is 4.90 Å². The predicted molar refractivity (Wildman–Crippen MR) is 70.3 cm³/mol. The molecule has 0 spiro atoms. The van der Waals surface area contributed by atoms with E-state index in [1.165, 1.54) is 0 Å². The average Bonchev–Trinajstić information content (AvgIpc) is 2.38. The van der Waals surface area contributed by atoms with E-state index in [9.17, 15) is 4.79 Å². The van der Waals surface area contributed by atoms with E-state index in [-0.39, 0.29) is 18.1 Å². The molecule has 0 bridgehead atoms. The summed E-state index contributed by atoms with van der Waals surface area (Å²) in [7, 11) is 1.66. The van der Waals surface area contributed by atoms with Crippen molar-refractivity contribution < 1.29 is 14.3 Å². The van der Waals surface area contributed by atoms with Gasteiger partial charge < -0.3 is 20.1 Å². The van der Waals surface area contributed by atoms with Gasteiger partial charge in [0, 0.05) is 20.3 Å². The number of nitrogens with zero attached hydrogens (tertiary/aromatic N) is 1. The highest BCUT2D eigenvalue weighted by atomic mass is 16.5. The SMILES string of the molecule is CCC1COC(C)CN1C(=O)C(N)CCCOC. The zero-order valence-corrected chi connectivity index (χ0v) is 11.7. The molecular formula is C13H26N2O3. The smallest absolute Gasteiger partial charge is 0.239 e. The number of amides is 1. The van der Waals surface area contributed by atoms with Crippen molar-refractivity contribution in [3.63, 3.8) is 0 Å². The summed E-state index contributed by atoms with van der Waals surface area (Å²) in [5, 5.41) is 0. The van der Waals surface area contributed by atoms with Crippen molar-refractivity contribution in [2.45, 2.75) is 51.3 Å². The van der Waals surface area contributed by atoms with Gasteiger partial charge in [-0.15, -0.1) is 0 Å². The van der Waals surface area contributed by atoms with E-state index in [4.69, 9.17) is 15.2 Å².